The average molecular weight is 294 g/mol. The summed E-state index contributed by atoms with van der Waals surface area (Å²) in [5, 5.41) is 2.96. The van der Waals surface area contributed by atoms with Crippen LogP contribution in [-0.2, 0) is 4.79 Å². The van der Waals surface area contributed by atoms with Crippen LogP contribution in [0, 0.1) is 0 Å². The van der Waals surface area contributed by atoms with E-state index >= 15 is 0 Å². The molecular formula is C16H26N2O3. The highest BCUT2D eigenvalue weighted by atomic mass is 16.5. The standard InChI is InChI=1S/C16H26N2O3/c1-4-20-14-9-8-13(11-15(14)21-5-2)12(3)18-16(19)7-6-10-17/h8-9,11-12H,4-7,10,17H2,1-3H3,(H,18,19). The van der Waals surface area contributed by atoms with Gasteiger partial charge in [0.1, 0.15) is 0 Å². The van der Waals surface area contributed by atoms with Gasteiger partial charge in [-0.3, -0.25) is 4.79 Å². The average Bonchev–Trinajstić information content (AvgIpc) is 2.47. The first-order chi connectivity index (χ1) is 10.1. The molecule has 1 amide bonds. The highest BCUT2D eigenvalue weighted by Gasteiger charge is 2.13. The number of hydrogen-bond acceptors (Lipinski definition) is 4. The number of amides is 1. The van der Waals surface area contributed by atoms with Crippen LogP contribution in [0.15, 0.2) is 18.2 Å². The van der Waals surface area contributed by atoms with E-state index < -0.39 is 0 Å². The van der Waals surface area contributed by atoms with Gasteiger partial charge >= 0.3 is 0 Å². The van der Waals surface area contributed by atoms with Gasteiger partial charge in [-0.15, -0.1) is 0 Å². The summed E-state index contributed by atoms with van der Waals surface area (Å²) in [7, 11) is 0. The summed E-state index contributed by atoms with van der Waals surface area (Å²) in [6, 6.07) is 5.67. The fraction of sp³-hybridized carbons (Fsp3) is 0.562. The van der Waals surface area contributed by atoms with Gasteiger partial charge in [-0.25, -0.2) is 0 Å². The molecule has 1 aromatic rings. The van der Waals surface area contributed by atoms with Crippen molar-refractivity contribution in [2.75, 3.05) is 19.8 Å². The van der Waals surface area contributed by atoms with E-state index in [0.29, 0.717) is 38.3 Å². The minimum Gasteiger partial charge on any atom is -0.490 e. The first kappa shape index (κ1) is 17.3. The van der Waals surface area contributed by atoms with E-state index in [4.69, 9.17) is 15.2 Å². The van der Waals surface area contributed by atoms with Crippen molar-refractivity contribution in [3.63, 3.8) is 0 Å². The van der Waals surface area contributed by atoms with Crippen molar-refractivity contribution in [3.05, 3.63) is 23.8 Å². The summed E-state index contributed by atoms with van der Waals surface area (Å²) in [5.74, 6) is 1.45. The van der Waals surface area contributed by atoms with Gasteiger partial charge in [0.2, 0.25) is 5.91 Å². The summed E-state index contributed by atoms with van der Waals surface area (Å²) in [5.41, 5.74) is 6.40. The van der Waals surface area contributed by atoms with Crippen LogP contribution in [0.1, 0.15) is 45.2 Å². The molecule has 0 bridgehead atoms. The van der Waals surface area contributed by atoms with Crippen molar-refractivity contribution in [2.45, 2.75) is 39.7 Å². The molecule has 118 valence electrons. The minimum absolute atomic E-state index is 0.0137. The van der Waals surface area contributed by atoms with Crippen molar-refractivity contribution in [3.8, 4) is 11.5 Å². The Morgan fingerprint density at radius 1 is 1.24 bits per heavy atom. The molecule has 0 saturated heterocycles. The van der Waals surface area contributed by atoms with Gasteiger partial charge in [-0.05, 0) is 51.4 Å². The van der Waals surface area contributed by atoms with Crippen molar-refractivity contribution in [1.82, 2.24) is 5.32 Å². The maximum atomic E-state index is 11.7. The van der Waals surface area contributed by atoms with E-state index in [1.165, 1.54) is 0 Å². The predicted molar refractivity (Wildman–Crippen MR) is 83.6 cm³/mol. The maximum Gasteiger partial charge on any atom is 0.220 e. The molecule has 0 heterocycles. The number of benzene rings is 1. The third-order valence-electron chi connectivity index (χ3n) is 3.05. The molecule has 0 saturated carbocycles. The van der Waals surface area contributed by atoms with Crippen LogP contribution in [-0.4, -0.2) is 25.7 Å². The van der Waals surface area contributed by atoms with Gasteiger partial charge in [0.25, 0.3) is 0 Å². The van der Waals surface area contributed by atoms with Crippen LogP contribution in [0.4, 0.5) is 0 Å². The Bertz CT molecular complexity index is 449. The largest absolute Gasteiger partial charge is 0.490 e. The lowest BCUT2D eigenvalue weighted by Gasteiger charge is -2.17. The Morgan fingerprint density at radius 2 is 1.90 bits per heavy atom. The molecule has 5 heteroatoms. The molecule has 0 aliphatic rings. The molecule has 3 N–H and O–H groups in total. The molecule has 1 atom stereocenters. The zero-order valence-electron chi connectivity index (χ0n) is 13.1. The number of rotatable bonds is 9. The zero-order valence-corrected chi connectivity index (χ0v) is 13.1. The monoisotopic (exact) mass is 294 g/mol. The van der Waals surface area contributed by atoms with E-state index in [0.717, 1.165) is 11.3 Å². The van der Waals surface area contributed by atoms with Crippen molar-refractivity contribution >= 4 is 5.91 Å². The normalized spacial score (nSPS) is 11.8. The van der Waals surface area contributed by atoms with Gasteiger partial charge in [-0.1, -0.05) is 6.07 Å². The number of carbonyl (C=O) groups is 1. The van der Waals surface area contributed by atoms with E-state index in [1.807, 2.05) is 39.0 Å². The molecule has 1 rings (SSSR count). The molecule has 1 aromatic carbocycles. The minimum atomic E-state index is -0.0786. The van der Waals surface area contributed by atoms with E-state index in [2.05, 4.69) is 5.32 Å². The number of nitrogens with one attached hydrogen (secondary N) is 1. The van der Waals surface area contributed by atoms with Gasteiger partial charge < -0.3 is 20.5 Å². The molecule has 0 radical (unpaired) electrons. The molecule has 1 unspecified atom stereocenters. The van der Waals surface area contributed by atoms with Crippen LogP contribution in [0.5, 0.6) is 11.5 Å². The topological polar surface area (TPSA) is 73.6 Å². The Kier molecular flexibility index (Phi) is 7.61. The smallest absolute Gasteiger partial charge is 0.220 e. The summed E-state index contributed by atoms with van der Waals surface area (Å²) in [6.07, 6.45) is 1.15. The third-order valence-corrected chi connectivity index (χ3v) is 3.05. The van der Waals surface area contributed by atoms with Crippen molar-refractivity contribution in [2.24, 2.45) is 5.73 Å². The fourth-order valence-corrected chi connectivity index (χ4v) is 2.00. The molecule has 0 fully saturated rings. The van der Waals surface area contributed by atoms with E-state index in [1.54, 1.807) is 0 Å². The summed E-state index contributed by atoms with van der Waals surface area (Å²) >= 11 is 0. The van der Waals surface area contributed by atoms with Gasteiger partial charge in [0.15, 0.2) is 11.5 Å². The first-order valence-electron chi connectivity index (χ1n) is 7.51. The second kappa shape index (κ2) is 9.23. The lowest BCUT2D eigenvalue weighted by Crippen LogP contribution is -2.26. The van der Waals surface area contributed by atoms with E-state index in [9.17, 15) is 4.79 Å². The van der Waals surface area contributed by atoms with Crippen LogP contribution in [0.25, 0.3) is 0 Å². The molecule has 0 aliphatic carbocycles. The van der Waals surface area contributed by atoms with E-state index in [-0.39, 0.29) is 11.9 Å². The number of hydrogen-bond donors (Lipinski definition) is 2. The summed E-state index contributed by atoms with van der Waals surface area (Å²) in [6.45, 7) is 7.50. The molecule has 21 heavy (non-hydrogen) atoms. The van der Waals surface area contributed by atoms with Crippen LogP contribution < -0.4 is 20.5 Å². The Balaban J connectivity index is 2.77. The maximum absolute atomic E-state index is 11.7. The molecule has 0 aliphatic heterocycles. The molecule has 0 spiro atoms. The van der Waals surface area contributed by atoms with Crippen LogP contribution in [0.2, 0.25) is 0 Å². The van der Waals surface area contributed by atoms with Gasteiger partial charge in [0.05, 0.1) is 19.3 Å². The second-order valence-corrected chi connectivity index (χ2v) is 4.75. The second-order valence-electron chi connectivity index (χ2n) is 4.75. The van der Waals surface area contributed by atoms with Crippen LogP contribution >= 0.6 is 0 Å². The lowest BCUT2D eigenvalue weighted by molar-refractivity contribution is -0.121. The number of nitrogens with two attached hydrogens (primary N) is 1. The quantitative estimate of drug-likeness (QED) is 0.733. The number of ether oxygens (including phenoxy) is 2. The third kappa shape index (κ3) is 5.63. The zero-order chi connectivity index (χ0) is 15.7. The lowest BCUT2D eigenvalue weighted by atomic mass is 10.1. The Labute approximate surface area is 126 Å². The van der Waals surface area contributed by atoms with Crippen molar-refractivity contribution < 1.29 is 14.3 Å². The molecule has 5 nitrogen and oxygen atoms in total. The molecular weight excluding hydrogens is 268 g/mol. The highest BCUT2D eigenvalue weighted by molar-refractivity contribution is 5.76. The molecule has 0 aromatic heterocycles. The van der Waals surface area contributed by atoms with Gasteiger partial charge in [-0.2, -0.15) is 0 Å². The summed E-state index contributed by atoms with van der Waals surface area (Å²) in [4.78, 5) is 11.7. The first-order valence-corrected chi connectivity index (χ1v) is 7.51. The SMILES string of the molecule is CCOc1ccc(C(C)NC(=O)CCCN)cc1OCC. The Morgan fingerprint density at radius 3 is 2.52 bits per heavy atom. The van der Waals surface area contributed by atoms with Crippen LogP contribution in [0.3, 0.4) is 0 Å². The highest BCUT2D eigenvalue weighted by Crippen LogP contribution is 2.30. The Hall–Kier alpha value is -1.75. The predicted octanol–water partition coefficient (Wildman–Crippen LogP) is 2.40. The van der Waals surface area contributed by atoms with Crippen molar-refractivity contribution in [1.29, 1.82) is 0 Å². The van der Waals surface area contributed by atoms with Gasteiger partial charge in [0, 0.05) is 6.42 Å². The summed E-state index contributed by atoms with van der Waals surface area (Å²) < 4.78 is 11.1. The fourth-order valence-electron chi connectivity index (χ4n) is 2.00. The number of carbonyl (C=O) groups excluding carboxylic acids is 1.